The van der Waals surface area contributed by atoms with Crippen molar-refractivity contribution in [2.24, 2.45) is 11.8 Å². The van der Waals surface area contributed by atoms with Crippen molar-refractivity contribution in [1.29, 1.82) is 0 Å². The molecule has 1 aliphatic rings. The molecule has 0 saturated heterocycles. The summed E-state index contributed by atoms with van der Waals surface area (Å²) >= 11 is 0. The molecule has 0 amide bonds. The molecule has 0 bridgehead atoms. The SMILES string of the molecule is CCCOc1cccc(NC2CCCCC2C(C)C)c1. The highest BCUT2D eigenvalue weighted by Crippen LogP contribution is 2.32. The predicted molar refractivity (Wildman–Crippen MR) is 86.4 cm³/mol. The zero-order valence-electron chi connectivity index (χ0n) is 13.2. The van der Waals surface area contributed by atoms with Gasteiger partial charge >= 0.3 is 0 Å². The zero-order valence-corrected chi connectivity index (χ0v) is 13.2. The van der Waals surface area contributed by atoms with Gasteiger partial charge in [-0.1, -0.05) is 39.7 Å². The summed E-state index contributed by atoms with van der Waals surface area (Å²) in [4.78, 5) is 0. The summed E-state index contributed by atoms with van der Waals surface area (Å²) in [6.07, 6.45) is 6.45. The van der Waals surface area contributed by atoms with Crippen molar-refractivity contribution in [3.05, 3.63) is 24.3 Å². The third kappa shape index (κ3) is 4.16. The van der Waals surface area contributed by atoms with Crippen LogP contribution in [0.1, 0.15) is 52.9 Å². The van der Waals surface area contributed by atoms with E-state index >= 15 is 0 Å². The van der Waals surface area contributed by atoms with Gasteiger partial charge < -0.3 is 10.1 Å². The van der Waals surface area contributed by atoms with Crippen LogP contribution < -0.4 is 10.1 Å². The lowest BCUT2D eigenvalue weighted by Gasteiger charge is -2.35. The standard InChI is InChI=1S/C18H29NO/c1-4-12-20-16-9-7-8-15(13-16)19-18-11-6-5-10-17(18)14(2)3/h7-9,13-14,17-19H,4-6,10-12H2,1-3H3. The second kappa shape index (κ2) is 7.56. The smallest absolute Gasteiger partial charge is 0.121 e. The molecule has 2 heteroatoms. The van der Waals surface area contributed by atoms with Crippen molar-refractivity contribution in [1.82, 2.24) is 0 Å². The Morgan fingerprint density at radius 2 is 2.05 bits per heavy atom. The van der Waals surface area contributed by atoms with Gasteiger partial charge in [0.25, 0.3) is 0 Å². The molecule has 1 N–H and O–H groups in total. The number of benzene rings is 1. The summed E-state index contributed by atoms with van der Waals surface area (Å²) in [6, 6.07) is 9.04. The van der Waals surface area contributed by atoms with Crippen LogP contribution >= 0.6 is 0 Å². The molecule has 2 nitrogen and oxygen atoms in total. The van der Waals surface area contributed by atoms with Gasteiger partial charge in [-0.05, 0) is 43.2 Å². The lowest BCUT2D eigenvalue weighted by atomic mass is 9.78. The Bertz CT molecular complexity index is 402. The van der Waals surface area contributed by atoms with Gasteiger partial charge in [0, 0.05) is 17.8 Å². The first-order valence-corrected chi connectivity index (χ1v) is 8.20. The van der Waals surface area contributed by atoms with Crippen LogP contribution in [0, 0.1) is 11.8 Å². The average Bonchev–Trinajstić information content (AvgIpc) is 2.46. The van der Waals surface area contributed by atoms with Gasteiger partial charge in [-0.15, -0.1) is 0 Å². The maximum Gasteiger partial charge on any atom is 0.121 e. The number of hydrogen-bond donors (Lipinski definition) is 1. The van der Waals surface area contributed by atoms with Crippen LogP contribution in [-0.4, -0.2) is 12.6 Å². The van der Waals surface area contributed by atoms with Crippen LogP contribution in [0.3, 0.4) is 0 Å². The Morgan fingerprint density at radius 3 is 2.80 bits per heavy atom. The van der Waals surface area contributed by atoms with Gasteiger partial charge in [0.05, 0.1) is 6.61 Å². The molecule has 0 spiro atoms. The van der Waals surface area contributed by atoms with Crippen LogP contribution in [0.5, 0.6) is 5.75 Å². The van der Waals surface area contributed by atoms with Crippen molar-refractivity contribution >= 4 is 5.69 Å². The Hall–Kier alpha value is -1.18. The minimum atomic E-state index is 0.616. The molecule has 0 aliphatic heterocycles. The van der Waals surface area contributed by atoms with Crippen LogP contribution in [0.2, 0.25) is 0 Å². The Morgan fingerprint density at radius 1 is 1.25 bits per heavy atom. The number of anilines is 1. The molecule has 1 aliphatic carbocycles. The minimum absolute atomic E-state index is 0.616. The molecule has 1 aromatic carbocycles. The third-order valence-electron chi connectivity index (χ3n) is 4.33. The first-order chi connectivity index (χ1) is 9.70. The molecule has 2 rings (SSSR count). The van der Waals surface area contributed by atoms with E-state index in [1.807, 2.05) is 6.07 Å². The van der Waals surface area contributed by atoms with E-state index in [1.165, 1.54) is 31.4 Å². The quantitative estimate of drug-likeness (QED) is 0.779. The number of rotatable bonds is 6. The van der Waals surface area contributed by atoms with E-state index in [2.05, 4.69) is 44.3 Å². The zero-order chi connectivity index (χ0) is 14.4. The molecule has 2 atom stereocenters. The predicted octanol–water partition coefficient (Wildman–Crippen LogP) is 5.10. The maximum atomic E-state index is 5.72. The molecular formula is C18H29NO. The fourth-order valence-electron chi connectivity index (χ4n) is 3.25. The van der Waals surface area contributed by atoms with Crippen molar-refractivity contribution in [3.63, 3.8) is 0 Å². The van der Waals surface area contributed by atoms with Crippen molar-refractivity contribution in [2.75, 3.05) is 11.9 Å². The highest BCUT2D eigenvalue weighted by Gasteiger charge is 2.27. The highest BCUT2D eigenvalue weighted by molar-refractivity contribution is 5.49. The number of hydrogen-bond acceptors (Lipinski definition) is 2. The number of ether oxygens (including phenoxy) is 1. The molecule has 1 saturated carbocycles. The van der Waals surface area contributed by atoms with Gasteiger partial charge in [0.15, 0.2) is 0 Å². The van der Waals surface area contributed by atoms with Crippen LogP contribution in [0.4, 0.5) is 5.69 Å². The van der Waals surface area contributed by atoms with Crippen molar-refractivity contribution in [3.8, 4) is 5.75 Å². The molecule has 2 unspecified atom stereocenters. The summed E-state index contributed by atoms with van der Waals surface area (Å²) in [5.41, 5.74) is 1.20. The summed E-state index contributed by atoms with van der Waals surface area (Å²) in [5, 5.41) is 3.75. The summed E-state index contributed by atoms with van der Waals surface area (Å²) < 4.78 is 5.72. The van der Waals surface area contributed by atoms with E-state index in [0.717, 1.165) is 30.6 Å². The van der Waals surface area contributed by atoms with E-state index in [-0.39, 0.29) is 0 Å². The number of nitrogens with one attached hydrogen (secondary N) is 1. The molecule has 1 aromatic rings. The molecule has 112 valence electrons. The molecule has 0 radical (unpaired) electrons. The highest BCUT2D eigenvalue weighted by atomic mass is 16.5. The minimum Gasteiger partial charge on any atom is -0.494 e. The average molecular weight is 275 g/mol. The lowest BCUT2D eigenvalue weighted by molar-refractivity contribution is 0.253. The molecule has 0 aromatic heterocycles. The van der Waals surface area contributed by atoms with Crippen LogP contribution in [0.25, 0.3) is 0 Å². The van der Waals surface area contributed by atoms with Crippen molar-refractivity contribution in [2.45, 2.75) is 58.9 Å². The van der Waals surface area contributed by atoms with E-state index < -0.39 is 0 Å². The molecule has 1 fully saturated rings. The first kappa shape index (κ1) is 15.2. The maximum absolute atomic E-state index is 5.72. The van der Waals surface area contributed by atoms with Gasteiger partial charge in [0.1, 0.15) is 5.75 Å². The Balaban J connectivity index is 2.00. The van der Waals surface area contributed by atoms with Gasteiger partial charge in [-0.2, -0.15) is 0 Å². The molecule has 0 heterocycles. The van der Waals surface area contributed by atoms with E-state index in [0.29, 0.717) is 6.04 Å². The molecular weight excluding hydrogens is 246 g/mol. The topological polar surface area (TPSA) is 21.3 Å². The Kier molecular flexibility index (Phi) is 5.75. The van der Waals surface area contributed by atoms with E-state index in [4.69, 9.17) is 4.74 Å². The largest absolute Gasteiger partial charge is 0.494 e. The van der Waals surface area contributed by atoms with E-state index in [9.17, 15) is 0 Å². The summed E-state index contributed by atoms with van der Waals surface area (Å²) in [7, 11) is 0. The second-order valence-electron chi connectivity index (χ2n) is 6.32. The summed E-state index contributed by atoms with van der Waals surface area (Å²) in [5.74, 6) is 2.53. The Labute approximate surface area is 123 Å². The normalized spacial score (nSPS) is 22.8. The fourth-order valence-corrected chi connectivity index (χ4v) is 3.25. The van der Waals surface area contributed by atoms with Gasteiger partial charge in [-0.3, -0.25) is 0 Å². The third-order valence-corrected chi connectivity index (χ3v) is 4.33. The summed E-state index contributed by atoms with van der Waals surface area (Å²) in [6.45, 7) is 7.63. The van der Waals surface area contributed by atoms with Crippen molar-refractivity contribution < 1.29 is 4.74 Å². The van der Waals surface area contributed by atoms with Gasteiger partial charge in [0.2, 0.25) is 0 Å². The lowest BCUT2D eigenvalue weighted by Crippen LogP contribution is -2.35. The monoisotopic (exact) mass is 275 g/mol. The molecule has 20 heavy (non-hydrogen) atoms. The fraction of sp³-hybridized carbons (Fsp3) is 0.667. The first-order valence-electron chi connectivity index (χ1n) is 8.20. The second-order valence-corrected chi connectivity index (χ2v) is 6.32. The van der Waals surface area contributed by atoms with Crippen LogP contribution in [-0.2, 0) is 0 Å². The van der Waals surface area contributed by atoms with Gasteiger partial charge in [-0.25, -0.2) is 0 Å². The van der Waals surface area contributed by atoms with Crippen LogP contribution in [0.15, 0.2) is 24.3 Å². The van der Waals surface area contributed by atoms with E-state index in [1.54, 1.807) is 0 Å².